The van der Waals surface area contributed by atoms with Gasteiger partial charge in [0, 0.05) is 38.8 Å². The van der Waals surface area contributed by atoms with Crippen LogP contribution in [-0.2, 0) is 24.7 Å². The summed E-state index contributed by atoms with van der Waals surface area (Å²) in [5.41, 5.74) is 1.39. The molecule has 3 rings (SSSR count). The lowest BCUT2D eigenvalue weighted by molar-refractivity contribution is -0.136. The molecule has 0 aliphatic carbocycles. The van der Waals surface area contributed by atoms with Crippen molar-refractivity contribution in [2.45, 2.75) is 38.3 Å². The van der Waals surface area contributed by atoms with Crippen LogP contribution < -0.4 is 5.32 Å². The zero-order valence-corrected chi connectivity index (χ0v) is 15.2. The minimum atomic E-state index is 0.135. The van der Waals surface area contributed by atoms with E-state index in [-0.39, 0.29) is 12.1 Å². The molecule has 0 spiro atoms. The fourth-order valence-corrected chi connectivity index (χ4v) is 3.74. The van der Waals surface area contributed by atoms with Gasteiger partial charge in [-0.1, -0.05) is 30.3 Å². The molecule has 5 nitrogen and oxygen atoms in total. The third-order valence-electron chi connectivity index (χ3n) is 5.22. The Morgan fingerprint density at radius 1 is 1.32 bits per heavy atom. The number of imidazole rings is 1. The number of carbonyl (C=O) groups is 1. The highest BCUT2D eigenvalue weighted by molar-refractivity contribution is 5.76. The molecule has 1 amide bonds. The van der Waals surface area contributed by atoms with Gasteiger partial charge in [-0.25, -0.2) is 4.98 Å². The molecule has 0 bridgehead atoms. The number of nitrogens with one attached hydrogen (secondary N) is 1. The first-order valence-electron chi connectivity index (χ1n) is 9.14. The summed E-state index contributed by atoms with van der Waals surface area (Å²) in [6, 6.07) is 10.6. The maximum atomic E-state index is 12.7. The predicted octanol–water partition coefficient (Wildman–Crippen LogP) is 2.38. The van der Waals surface area contributed by atoms with E-state index in [4.69, 9.17) is 0 Å². The molecule has 2 heterocycles. The minimum absolute atomic E-state index is 0.135. The molecule has 2 atom stereocenters. The van der Waals surface area contributed by atoms with Crippen LogP contribution in [0.4, 0.5) is 0 Å². The van der Waals surface area contributed by atoms with Crippen LogP contribution in [0.15, 0.2) is 42.7 Å². The van der Waals surface area contributed by atoms with E-state index in [0.29, 0.717) is 18.8 Å². The Bertz CT molecular complexity index is 682. The van der Waals surface area contributed by atoms with Gasteiger partial charge in [0.2, 0.25) is 5.91 Å². The molecule has 1 saturated heterocycles. The number of rotatable bonds is 6. The Morgan fingerprint density at radius 2 is 2.12 bits per heavy atom. The average molecular weight is 340 g/mol. The van der Waals surface area contributed by atoms with E-state index in [2.05, 4.69) is 40.6 Å². The third kappa shape index (κ3) is 4.48. The van der Waals surface area contributed by atoms with E-state index in [1.165, 1.54) is 5.56 Å². The first-order valence-corrected chi connectivity index (χ1v) is 9.14. The lowest BCUT2D eigenvalue weighted by Gasteiger charge is -2.39. The van der Waals surface area contributed by atoms with Gasteiger partial charge in [-0.3, -0.25) is 4.79 Å². The minimum Gasteiger partial charge on any atom is -0.338 e. The zero-order chi connectivity index (χ0) is 17.6. The maximum absolute atomic E-state index is 12.7. The van der Waals surface area contributed by atoms with Crippen molar-refractivity contribution in [1.82, 2.24) is 19.8 Å². The van der Waals surface area contributed by atoms with E-state index < -0.39 is 0 Å². The lowest BCUT2D eigenvalue weighted by Crippen LogP contribution is -2.52. The number of aryl methyl sites for hydroxylation is 2. The number of hydrogen-bond acceptors (Lipinski definition) is 3. The Balaban J connectivity index is 1.54. The third-order valence-corrected chi connectivity index (χ3v) is 5.22. The number of amides is 1. The molecule has 2 unspecified atom stereocenters. The van der Waals surface area contributed by atoms with E-state index >= 15 is 0 Å². The molecule has 1 fully saturated rings. The van der Waals surface area contributed by atoms with Crippen molar-refractivity contribution in [3.8, 4) is 0 Å². The molecule has 1 aromatic carbocycles. The van der Waals surface area contributed by atoms with Crippen molar-refractivity contribution in [2.75, 3.05) is 13.6 Å². The molecule has 134 valence electrons. The highest BCUT2D eigenvalue weighted by Gasteiger charge is 2.30. The van der Waals surface area contributed by atoms with Gasteiger partial charge in [0.05, 0.1) is 6.17 Å². The second-order valence-electron chi connectivity index (χ2n) is 6.93. The summed E-state index contributed by atoms with van der Waals surface area (Å²) < 4.78 is 1.98. The van der Waals surface area contributed by atoms with Crippen LogP contribution >= 0.6 is 0 Å². The van der Waals surface area contributed by atoms with Crippen LogP contribution in [0.3, 0.4) is 0 Å². The molecule has 0 radical (unpaired) electrons. The van der Waals surface area contributed by atoms with Crippen LogP contribution in [-0.4, -0.2) is 40.1 Å². The molecule has 1 aliphatic rings. The topological polar surface area (TPSA) is 50.2 Å². The fourth-order valence-electron chi connectivity index (χ4n) is 3.74. The van der Waals surface area contributed by atoms with Crippen molar-refractivity contribution in [1.29, 1.82) is 0 Å². The summed E-state index contributed by atoms with van der Waals surface area (Å²) in [7, 11) is 3.92. The van der Waals surface area contributed by atoms with Crippen LogP contribution in [0.2, 0.25) is 0 Å². The Hall–Kier alpha value is -2.14. The normalized spacial score (nSPS) is 20.6. The number of benzene rings is 1. The smallest absolute Gasteiger partial charge is 0.224 e. The lowest BCUT2D eigenvalue weighted by atomic mass is 9.88. The molecular formula is C20H28N4O. The van der Waals surface area contributed by atoms with Gasteiger partial charge in [-0.05, 0) is 37.8 Å². The molecule has 2 aromatic rings. The summed E-state index contributed by atoms with van der Waals surface area (Å²) in [6.07, 6.45) is 8.23. The molecule has 1 aliphatic heterocycles. The monoisotopic (exact) mass is 340 g/mol. The van der Waals surface area contributed by atoms with Crippen molar-refractivity contribution in [2.24, 2.45) is 13.0 Å². The van der Waals surface area contributed by atoms with Gasteiger partial charge >= 0.3 is 0 Å². The molecule has 25 heavy (non-hydrogen) atoms. The van der Waals surface area contributed by atoms with E-state index in [0.717, 1.165) is 31.6 Å². The Morgan fingerprint density at radius 3 is 2.80 bits per heavy atom. The van der Waals surface area contributed by atoms with E-state index in [1.807, 2.05) is 29.8 Å². The first-order chi connectivity index (χ1) is 12.2. The highest BCUT2D eigenvalue weighted by Crippen LogP contribution is 2.25. The second kappa shape index (κ2) is 8.30. The standard InChI is InChI=1S/C20H28N4O/c1-21-19-15-17(14-16-6-4-3-5-7-16)10-12-24(19)20(25)9-8-18-22-11-13-23(18)2/h3-7,11,13,17,19,21H,8-10,12,14-15H2,1-2H3. The van der Waals surface area contributed by atoms with E-state index in [1.54, 1.807) is 6.20 Å². The van der Waals surface area contributed by atoms with Crippen LogP contribution in [0.5, 0.6) is 0 Å². The van der Waals surface area contributed by atoms with Gasteiger partial charge < -0.3 is 14.8 Å². The SMILES string of the molecule is CNC1CC(Cc2ccccc2)CCN1C(=O)CCc1nccn1C. The average Bonchev–Trinajstić information content (AvgIpc) is 3.05. The molecular weight excluding hydrogens is 312 g/mol. The summed E-state index contributed by atoms with van der Waals surface area (Å²) in [4.78, 5) is 19.0. The Labute approximate surface area is 150 Å². The van der Waals surface area contributed by atoms with Crippen molar-refractivity contribution in [3.63, 3.8) is 0 Å². The number of hydrogen-bond donors (Lipinski definition) is 1. The number of aromatic nitrogens is 2. The van der Waals surface area contributed by atoms with Crippen LogP contribution in [0, 0.1) is 5.92 Å². The number of likely N-dealkylation sites (tertiary alicyclic amines) is 1. The van der Waals surface area contributed by atoms with Gasteiger partial charge in [0.1, 0.15) is 5.82 Å². The quantitative estimate of drug-likeness (QED) is 0.878. The van der Waals surface area contributed by atoms with Crippen molar-refractivity contribution < 1.29 is 4.79 Å². The number of nitrogens with zero attached hydrogens (tertiary/aromatic N) is 3. The van der Waals surface area contributed by atoms with Crippen molar-refractivity contribution >= 4 is 5.91 Å². The van der Waals surface area contributed by atoms with Gasteiger partial charge in [0.25, 0.3) is 0 Å². The zero-order valence-electron chi connectivity index (χ0n) is 15.2. The summed E-state index contributed by atoms with van der Waals surface area (Å²) in [5, 5.41) is 3.34. The Kier molecular flexibility index (Phi) is 5.87. The molecule has 5 heteroatoms. The van der Waals surface area contributed by atoms with Gasteiger partial charge in [0.15, 0.2) is 0 Å². The predicted molar refractivity (Wildman–Crippen MR) is 99.0 cm³/mol. The van der Waals surface area contributed by atoms with Gasteiger partial charge in [-0.2, -0.15) is 0 Å². The fraction of sp³-hybridized carbons (Fsp3) is 0.500. The van der Waals surface area contributed by atoms with Crippen LogP contribution in [0.25, 0.3) is 0 Å². The summed E-state index contributed by atoms with van der Waals surface area (Å²) in [5.74, 6) is 1.81. The largest absolute Gasteiger partial charge is 0.338 e. The number of piperidine rings is 1. The highest BCUT2D eigenvalue weighted by atomic mass is 16.2. The maximum Gasteiger partial charge on any atom is 0.224 e. The molecule has 0 saturated carbocycles. The van der Waals surface area contributed by atoms with Crippen molar-refractivity contribution in [3.05, 3.63) is 54.1 Å². The summed E-state index contributed by atoms with van der Waals surface area (Å²) in [6.45, 7) is 0.836. The number of carbonyl (C=O) groups excluding carboxylic acids is 1. The first kappa shape index (κ1) is 17.7. The van der Waals surface area contributed by atoms with E-state index in [9.17, 15) is 4.79 Å². The molecule has 1 aromatic heterocycles. The summed E-state index contributed by atoms with van der Waals surface area (Å²) >= 11 is 0. The molecule has 1 N–H and O–H groups in total. The van der Waals surface area contributed by atoms with Crippen LogP contribution in [0.1, 0.15) is 30.7 Å². The second-order valence-corrected chi connectivity index (χ2v) is 6.93. The van der Waals surface area contributed by atoms with Gasteiger partial charge in [-0.15, -0.1) is 0 Å².